The van der Waals surface area contributed by atoms with Gasteiger partial charge in [-0.2, -0.15) is 4.98 Å². The first-order valence-corrected chi connectivity index (χ1v) is 5.91. The molecule has 0 spiro atoms. The molecular formula is C11H16ClN3O. The minimum atomic E-state index is 0.307. The van der Waals surface area contributed by atoms with Gasteiger partial charge in [-0.15, -0.1) is 11.6 Å². The first-order chi connectivity index (χ1) is 7.69. The molecule has 0 unspecified atom stereocenters. The maximum absolute atomic E-state index is 6.08. The van der Waals surface area contributed by atoms with Crippen molar-refractivity contribution in [3.05, 3.63) is 11.9 Å². The minimum absolute atomic E-state index is 0.307. The summed E-state index contributed by atoms with van der Waals surface area (Å²) >= 11 is 6.08. The third-order valence-corrected chi connectivity index (χ3v) is 3.19. The van der Waals surface area contributed by atoms with E-state index in [2.05, 4.69) is 14.9 Å². The summed E-state index contributed by atoms with van der Waals surface area (Å²) < 4.78 is 5.14. The Bertz CT molecular complexity index is 364. The van der Waals surface area contributed by atoms with Crippen LogP contribution in [-0.2, 0) is 0 Å². The summed E-state index contributed by atoms with van der Waals surface area (Å²) in [6.45, 7) is 3.78. The molecular weight excluding hydrogens is 226 g/mol. The Hall–Kier alpha value is -1.03. The number of anilines is 1. The van der Waals surface area contributed by atoms with Crippen LogP contribution in [0.25, 0.3) is 0 Å². The molecule has 0 N–H and O–H groups in total. The molecule has 0 aliphatic carbocycles. The zero-order chi connectivity index (χ0) is 11.5. The summed E-state index contributed by atoms with van der Waals surface area (Å²) in [6.07, 6.45) is 2.01. The molecule has 5 heteroatoms. The van der Waals surface area contributed by atoms with Gasteiger partial charge in [-0.05, 0) is 19.8 Å². The summed E-state index contributed by atoms with van der Waals surface area (Å²) in [5, 5.41) is 0.307. The third kappa shape index (κ3) is 2.55. The van der Waals surface area contributed by atoms with Gasteiger partial charge in [0.15, 0.2) is 0 Å². The van der Waals surface area contributed by atoms with E-state index in [1.54, 1.807) is 7.11 Å². The van der Waals surface area contributed by atoms with Crippen LogP contribution in [-0.4, -0.2) is 35.5 Å². The number of aromatic nitrogens is 2. The van der Waals surface area contributed by atoms with Gasteiger partial charge in [0.05, 0.1) is 7.11 Å². The minimum Gasteiger partial charge on any atom is -0.481 e. The molecule has 88 valence electrons. The molecule has 0 radical (unpaired) electrons. The number of ether oxygens (including phenoxy) is 1. The van der Waals surface area contributed by atoms with Crippen LogP contribution >= 0.6 is 11.6 Å². The van der Waals surface area contributed by atoms with Crippen LogP contribution in [0.15, 0.2) is 6.07 Å². The highest BCUT2D eigenvalue weighted by atomic mass is 35.5. The zero-order valence-corrected chi connectivity index (χ0v) is 10.4. The van der Waals surface area contributed by atoms with Crippen LogP contribution in [0.2, 0.25) is 0 Å². The summed E-state index contributed by atoms with van der Waals surface area (Å²) in [5.74, 6) is 2.30. The Kier molecular flexibility index (Phi) is 3.49. The van der Waals surface area contributed by atoms with Crippen LogP contribution in [0.1, 0.15) is 18.7 Å². The average Bonchev–Trinajstić information content (AvgIpc) is 2.29. The summed E-state index contributed by atoms with van der Waals surface area (Å²) in [6, 6.07) is 1.88. The molecule has 0 aromatic carbocycles. The van der Waals surface area contributed by atoms with Crippen molar-refractivity contribution in [2.24, 2.45) is 0 Å². The van der Waals surface area contributed by atoms with Crippen LogP contribution < -0.4 is 9.64 Å². The van der Waals surface area contributed by atoms with Crippen molar-refractivity contribution in [2.75, 3.05) is 25.1 Å². The Labute approximate surface area is 101 Å². The molecule has 2 rings (SSSR count). The number of halogens is 1. The van der Waals surface area contributed by atoms with E-state index in [1.165, 1.54) is 0 Å². The number of methoxy groups -OCH3 is 1. The number of nitrogens with zero attached hydrogens (tertiary/aromatic N) is 3. The van der Waals surface area contributed by atoms with Gasteiger partial charge in [0.25, 0.3) is 0 Å². The molecule has 0 saturated carbocycles. The second kappa shape index (κ2) is 4.87. The Morgan fingerprint density at radius 2 is 2.06 bits per heavy atom. The zero-order valence-electron chi connectivity index (χ0n) is 9.61. The maximum Gasteiger partial charge on any atom is 0.218 e. The van der Waals surface area contributed by atoms with Gasteiger partial charge in [-0.1, -0.05) is 0 Å². The molecule has 0 bridgehead atoms. The van der Waals surface area contributed by atoms with E-state index < -0.39 is 0 Å². The second-order valence-electron chi connectivity index (χ2n) is 3.98. The van der Waals surface area contributed by atoms with Crippen molar-refractivity contribution in [3.63, 3.8) is 0 Å². The van der Waals surface area contributed by atoms with Gasteiger partial charge in [0.2, 0.25) is 5.88 Å². The van der Waals surface area contributed by atoms with Gasteiger partial charge in [-0.25, -0.2) is 4.98 Å². The monoisotopic (exact) mass is 241 g/mol. The highest BCUT2D eigenvalue weighted by Gasteiger charge is 2.19. The molecule has 4 nitrogen and oxygen atoms in total. The highest BCUT2D eigenvalue weighted by Crippen LogP contribution is 2.23. The molecule has 0 atom stereocenters. The molecule has 1 aliphatic rings. The number of alkyl halides is 1. The van der Waals surface area contributed by atoms with Gasteiger partial charge in [0, 0.05) is 24.5 Å². The first-order valence-electron chi connectivity index (χ1n) is 5.47. The Balaban J connectivity index is 2.16. The van der Waals surface area contributed by atoms with Crippen molar-refractivity contribution in [1.29, 1.82) is 0 Å². The van der Waals surface area contributed by atoms with Crippen molar-refractivity contribution < 1.29 is 4.74 Å². The van der Waals surface area contributed by atoms with Crippen LogP contribution in [0, 0.1) is 6.92 Å². The predicted molar refractivity (Wildman–Crippen MR) is 64.4 cm³/mol. The van der Waals surface area contributed by atoms with E-state index in [0.717, 1.165) is 37.6 Å². The van der Waals surface area contributed by atoms with E-state index in [-0.39, 0.29) is 0 Å². The second-order valence-corrected chi connectivity index (χ2v) is 4.59. The number of hydrogen-bond acceptors (Lipinski definition) is 4. The number of piperidine rings is 1. The fourth-order valence-electron chi connectivity index (χ4n) is 1.87. The molecule has 1 fully saturated rings. The molecule has 1 aromatic heterocycles. The average molecular weight is 242 g/mol. The van der Waals surface area contributed by atoms with Crippen molar-refractivity contribution in [1.82, 2.24) is 9.97 Å². The van der Waals surface area contributed by atoms with Crippen molar-refractivity contribution in [2.45, 2.75) is 25.1 Å². The number of aryl methyl sites for hydroxylation is 1. The molecule has 16 heavy (non-hydrogen) atoms. The van der Waals surface area contributed by atoms with Gasteiger partial charge >= 0.3 is 0 Å². The number of rotatable bonds is 2. The van der Waals surface area contributed by atoms with E-state index in [4.69, 9.17) is 16.3 Å². The lowest BCUT2D eigenvalue weighted by molar-refractivity contribution is 0.395. The highest BCUT2D eigenvalue weighted by molar-refractivity contribution is 6.20. The van der Waals surface area contributed by atoms with Crippen LogP contribution in [0.5, 0.6) is 5.88 Å². The molecule has 1 aliphatic heterocycles. The van der Waals surface area contributed by atoms with Gasteiger partial charge in [0.1, 0.15) is 11.6 Å². The van der Waals surface area contributed by atoms with Crippen LogP contribution in [0.3, 0.4) is 0 Å². The lowest BCUT2D eigenvalue weighted by Crippen LogP contribution is -2.34. The third-order valence-electron chi connectivity index (χ3n) is 2.76. The van der Waals surface area contributed by atoms with Crippen molar-refractivity contribution in [3.8, 4) is 5.88 Å². The summed E-state index contributed by atoms with van der Waals surface area (Å²) in [5.41, 5.74) is 0. The molecule has 2 heterocycles. The van der Waals surface area contributed by atoms with Gasteiger partial charge < -0.3 is 9.64 Å². The largest absolute Gasteiger partial charge is 0.481 e. The number of hydrogen-bond donors (Lipinski definition) is 0. The van der Waals surface area contributed by atoms with E-state index >= 15 is 0 Å². The fraction of sp³-hybridized carbons (Fsp3) is 0.636. The lowest BCUT2D eigenvalue weighted by atomic mass is 10.1. The topological polar surface area (TPSA) is 38.2 Å². The molecule has 0 amide bonds. The van der Waals surface area contributed by atoms with E-state index in [9.17, 15) is 0 Å². The maximum atomic E-state index is 6.08. The molecule has 1 aromatic rings. The van der Waals surface area contributed by atoms with Crippen molar-refractivity contribution >= 4 is 17.4 Å². The van der Waals surface area contributed by atoms with Gasteiger partial charge in [-0.3, -0.25) is 0 Å². The SMILES string of the molecule is COc1cc(N2CCC(Cl)CC2)nc(C)n1. The van der Waals surface area contributed by atoms with E-state index in [1.807, 2.05) is 13.0 Å². The normalized spacial score (nSPS) is 17.6. The lowest BCUT2D eigenvalue weighted by Gasteiger charge is -2.30. The first kappa shape index (κ1) is 11.5. The Morgan fingerprint density at radius 3 is 2.69 bits per heavy atom. The predicted octanol–water partition coefficient (Wildman–Crippen LogP) is 2.00. The smallest absolute Gasteiger partial charge is 0.218 e. The fourth-order valence-corrected chi connectivity index (χ4v) is 2.06. The Morgan fingerprint density at radius 1 is 1.38 bits per heavy atom. The molecule has 1 saturated heterocycles. The quantitative estimate of drug-likeness (QED) is 0.743. The van der Waals surface area contributed by atoms with Crippen LogP contribution in [0.4, 0.5) is 5.82 Å². The summed E-state index contributed by atoms with van der Waals surface area (Å²) in [7, 11) is 1.62. The summed E-state index contributed by atoms with van der Waals surface area (Å²) in [4.78, 5) is 10.8. The van der Waals surface area contributed by atoms with E-state index in [0.29, 0.717) is 11.3 Å². The standard InChI is InChI=1S/C11H16ClN3O/c1-8-13-10(7-11(14-8)16-2)15-5-3-9(12)4-6-15/h7,9H,3-6H2,1-2H3.